The molecule has 0 N–H and O–H groups in total. The number of fused-ring (bicyclic) bond motifs is 7. The van der Waals surface area contributed by atoms with Crippen molar-refractivity contribution in [3.8, 4) is 28.2 Å². The van der Waals surface area contributed by atoms with Crippen molar-refractivity contribution >= 4 is 54.8 Å². The molecule has 3 aromatic heterocycles. The fraction of sp³-hybridized carbons (Fsp3) is 0.156. The maximum Gasteiger partial charge on any atom is 0.227 e. The summed E-state index contributed by atoms with van der Waals surface area (Å²) in [5, 5.41) is 4.56. The molecule has 0 radical (unpaired) electrons. The molecule has 4 heteroatoms. The monoisotopic (exact) mass is 638 g/mol. The fourth-order valence-electron chi connectivity index (χ4n) is 7.40. The predicted molar refractivity (Wildman–Crippen MR) is 205 cm³/mol. The molecule has 0 amide bonds. The molecule has 0 spiro atoms. The van der Waals surface area contributed by atoms with Crippen LogP contribution >= 0.6 is 0 Å². The van der Waals surface area contributed by atoms with Crippen LogP contribution in [-0.2, 0) is 0 Å². The first-order chi connectivity index (χ1) is 25.1. The van der Waals surface area contributed by atoms with E-state index in [1.807, 2.05) is 24.3 Å². The lowest BCUT2D eigenvalue weighted by atomic mass is 9.88. The fourth-order valence-corrected chi connectivity index (χ4v) is 7.40. The number of pyridine rings is 1. The van der Waals surface area contributed by atoms with Gasteiger partial charge in [-0.05, 0) is 82.7 Å². The molecule has 0 saturated heterocycles. The van der Waals surface area contributed by atoms with Crippen molar-refractivity contribution in [1.29, 1.82) is 0 Å². The second-order valence-corrected chi connectivity index (χ2v) is 13.6. The van der Waals surface area contributed by atoms with Gasteiger partial charge >= 0.3 is 0 Å². The number of aryl methyl sites for hydroxylation is 1. The first-order valence-electron chi connectivity index (χ1n) is 18.5. The Kier molecular flexibility index (Phi) is 5.98. The minimum Gasteiger partial charge on any atom is -0.437 e. The number of hydrogen-bond donors (Lipinski definition) is 0. The van der Waals surface area contributed by atoms with Gasteiger partial charge in [-0.2, -0.15) is 0 Å². The van der Waals surface area contributed by atoms with E-state index in [-0.39, 0.29) is 11.8 Å². The average molecular weight is 639 g/mol. The number of rotatable bonds is 5. The summed E-state index contributed by atoms with van der Waals surface area (Å²) in [5.41, 5.74) is 11.3. The van der Waals surface area contributed by atoms with Gasteiger partial charge in [0, 0.05) is 25.7 Å². The number of imidazole rings is 1. The number of para-hydroxylation sites is 3. The van der Waals surface area contributed by atoms with Crippen LogP contribution in [0.2, 0.25) is 0 Å². The Morgan fingerprint density at radius 1 is 0.633 bits per heavy atom. The summed E-state index contributed by atoms with van der Waals surface area (Å²) in [4.78, 5) is 10.4. The van der Waals surface area contributed by atoms with Gasteiger partial charge in [0.1, 0.15) is 11.4 Å². The van der Waals surface area contributed by atoms with E-state index in [0.717, 1.165) is 66.1 Å². The van der Waals surface area contributed by atoms with Crippen molar-refractivity contribution in [3.63, 3.8) is 0 Å². The summed E-state index contributed by atoms with van der Waals surface area (Å²) in [7, 11) is 0. The van der Waals surface area contributed by atoms with E-state index in [1.54, 1.807) is 12.1 Å². The standard InChI is InChI=1S/C45H37N3O/c1-26(2)36-24-32(29-12-7-6-8-13-29)25-37(27(3)4)42(36)48-40-17-10-9-16-39(40)46-44(48)35-15-11-14-34-38-23-31-20-19-30-22-28(5)18-21-33(30)41(31)47-45(38)49-43(34)35/h6-27H,1-5H3/i5D3. The molecule has 6 aromatic carbocycles. The van der Waals surface area contributed by atoms with Crippen LogP contribution in [0.1, 0.15) is 60.3 Å². The molecule has 0 aliphatic heterocycles. The van der Waals surface area contributed by atoms with E-state index in [1.165, 1.54) is 22.3 Å². The summed E-state index contributed by atoms with van der Waals surface area (Å²) >= 11 is 0. The molecule has 0 aliphatic carbocycles. The number of furan rings is 1. The quantitative estimate of drug-likeness (QED) is 0.176. The van der Waals surface area contributed by atoms with Crippen LogP contribution in [0.3, 0.4) is 0 Å². The molecule has 0 atom stereocenters. The van der Waals surface area contributed by atoms with Gasteiger partial charge in [-0.1, -0.05) is 118 Å². The third-order valence-electron chi connectivity index (χ3n) is 9.82. The molecule has 3 heterocycles. The smallest absolute Gasteiger partial charge is 0.227 e. The number of hydrogen-bond acceptors (Lipinski definition) is 3. The van der Waals surface area contributed by atoms with Gasteiger partial charge in [0.15, 0.2) is 0 Å². The summed E-state index contributed by atoms with van der Waals surface area (Å²) in [6.07, 6.45) is 0. The van der Waals surface area contributed by atoms with E-state index < -0.39 is 6.85 Å². The summed E-state index contributed by atoms with van der Waals surface area (Å²) in [5.74, 6) is 1.30. The Morgan fingerprint density at radius 2 is 1.39 bits per heavy atom. The topological polar surface area (TPSA) is 43.9 Å². The van der Waals surface area contributed by atoms with Gasteiger partial charge in [-0.3, -0.25) is 4.57 Å². The molecular weight excluding hydrogens is 599 g/mol. The van der Waals surface area contributed by atoms with Crippen molar-refractivity contribution in [2.45, 2.75) is 46.4 Å². The minimum absolute atomic E-state index is 0.245. The molecule has 0 unspecified atom stereocenters. The lowest BCUT2D eigenvalue weighted by Crippen LogP contribution is -2.09. The molecule has 0 aliphatic rings. The molecule has 4 nitrogen and oxygen atoms in total. The molecule has 0 fully saturated rings. The first-order valence-corrected chi connectivity index (χ1v) is 17.0. The molecule has 9 rings (SSSR count). The Labute approximate surface area is 289 Å². The Morgan fingerprint density at radius 3 is 2.16 bits per heavy atom. The van der Waals surface area contributed by atoms with E-state index >= 15 is 0 Å². The van der Waals surface area contributed by atoms with Crippen LogP contribution in [0.4, 0.5) is 0 Å². The van der Waals surface area contributed by atoms with Gasteiger partial charge in [0.05, 0.1) is 27.8 Å². The highest BCUT2D eigenvalue weighted by Crippen LogP contribution is 2.43. The van der Waals surface area contributed by atoms with Crippen LogP contribution < -0.4 is 0 Å². The van der Waals surface area contributed by atoms with Crippen molar-refractivity contribution < 1.29 is 8.53 Å². The zero-order valence-corrected chi connectivity index (χ0v) is 28.0. The molecule has 49 heavy (non-hydrogen) atoms. The second kappa shape index (κ2) is 11.2. The lowest BCUT2D eigenvalue weighted by molar-refractivity contribution is 0.656. The van der Waals surface area contributed by atoms with Crippen molar-refractivity contribution in [2.75, 3.05) is 0 Å². The first kappa shape index (κ1) is 26.2. The largest absolute Gasteiger partial charge is 0.437 e. The SMILES string of the molecule is [2H]C([2H])([2H])c1ccc2c(ccc3cc4c(nc32)oc2c(-c3nc5ccccc5n3-c3c(C(C)C)cc(-c5ccccc5)cc3C(C)C)cccc24)c1. The highest BCUT2D eigenvalue weighted by atomic mass is 16.3. The van der Waals surface area contributed by atoms with Gasteiger partial charge in [0.2, 0.25) is 5.71 Å². The molecule has 9 aromatic rings. The van der Waals surface area contributed by atoms with Gasteiger partial charge < -0.3 is 4.42 Å². The molecular formula is C45H37N3O. The summed E-state index contributed by atoms with van der Waals surface area (Å²) < 4.78 is 32.7. The lowest BCUT2D eigenvalue weighted by Gasteiger charge is -2.24. The number of nitrogens with zero attached hydrogens (tertiary/aromatic N) is 3. The summed E-state index contributed by atoms with van der Waals surface area (Å²) in [6.45, 7) is 6.88. The summed E-state index contributed by atoms with van der Waals surface area (Å²) in [6, 6.07) is 41.3. The van der Waals surface area contributed by atoms with Crippen LogP contribution in [0.5, 0.6) is 0 Å². The van der Waals surface area contributed by atoms with E-state index in [4.69, 9.17) is 18.5 Å². The number of benzene rings is 6. The molecule has 238 valence electrons. The Bertz CT molecular complexity index is 2820. The third-order valence-corrected chi connectivity index (χ3v) is 9.82. The van der Waals surface area contributed by atoms with Crippen molar-refractivity contribution in [3.05, 3.63) is 138 Å². The highest BCUT2D eigenvalue weighted by molar-refractivity contribution is 6.14. The van der Waals surface area contributed by atoms with Crippen LogP contribution in [0.25, 0.3) is 83.0 Å². The van der Waals surface area contributed by atoms with E-state index in [0.29, 0.717) is 11.3 Å². The maximum absolute atomic E-state index is 7.88. The zero-order chi connectivity index (χ0) is 35.9. The van der Waals surface area contributed by atoms with Crippen molar-refractivity contribution in [2.24, 2.45) is 0 Å². The highest BCUT2D eigenvalue weighted by Gasteiger charge is 2.25. The van der Waals surface area contributed by atoms with Crippen LogP contribution in [0, 0.1) is 6.85 Å². The molecule has 0 bridgehead atoms. The second-order valence-electron chi connectivity index (χ2n) is 13.6. The van der Waals surface area contributed by atoms with Gasteiger partial charge in [-0.15, -0.1) is 0 Å². The Hall–Kier alpha value is -5.74. The normalized spacial score (nSPS) is 13.3. The Balaban J connectivity index is 1.31. The molecule has 0 saturated carbocycles. The number of aromatic nitrogens is 3. The van der Waals surface area contributed by atoms with Gasteiger partial charge in [0.25, 0.3) is 0 Å². The predicted octanol–water partition coefficient (Wildman–Crippen LogP) is 12.5. The van der Waals surface area contributed by atoms with Crippen LogP contribution in [0.15, 0.2) is 126 Å². The van der Waals surface area contributed by atoms with Gasteiger partial charge in [-0.25, -0.2) is 9.97 Å². The third kappa shape index (κ3) is 4.66. The van der Waals surface area contributed by atoms with Crippen LogP contribution in [-0.4, -0.2) is 14.5 Å². The zero-order valence-electron chi connectivity index (χ0n) is 31.0. The minimum atomic E-state index is -2.18. The average Bonchev–Trinajstić information content (AvgIpc) is 3.71. The van der Waals surface area contributed by atoms with E-state index in [2.05, 4.69) is 117 Å². The van der Waals surface area contributed by atoms with Crippen molar-refractivity contribution in [1.82, 2.24) is 14.5 Å². The van der Waals surface area contributed by atoms with E-state index in [9.17, 15) is 0 Å². The maximum atomic E-state index is 7.88.